The Morgan fingerprint density at radius 3 is 2.79 bits per heavy atom. The van der Waals surface area contributed by atoms with E-state index in [9.17, 15) is 9.50 Å². The summed E-state index contributed by atoms with van der Waals surface area (Å²) in [5, 5.41) is 10.3. The molecule has 1 aliphatic heterocycles. The maximum atomic E-state index is 13.1. The Morgan fingerprint density at radius 2 is 2.00 bits per heavy atom. The van der Waals surface area contributed by atoms with Crippen LogP contribution in [0.1, 0.15) is 18.5 Å². The van der Waals surface area contributed by atoms with E-state index in [4.69, 9.17) is 0 Å². The Balaban J connectivity index is 1.76. The molecule has 1 fully saturated rings. The molecule has 0 unspecified atom stereocenters. The summed E-state index contributed by atoms with van der Waals surface area (Å²) in [6.45, 7) is 2.61. The third-order valence-corrected chi connectivity index (χ3v) is 3.65. The van der Waals surface area contributed by atoms with Crippen LogP contribution in [0.15, 0.2) is 30.3 Å². The van der Waals surface area contributed by atoms with Gasteiger partial charge in [-0.25, -0.2) is 4.39 Å². The van der Waals surface area contributed by atoms with Crippen molar-refractivity contribution in [2.24, 2.45) is 0 Å². The van der Waals surface area contributed by atoms with E-state index in [1.165, 1.54) is 12.1 Å². The largest absolute Gasteiger partial charge is 0.393 e. The SMILES string of the molecule is OC1CCN(Cc2ccc3cc(F)ccc3n2)CC1. The number of halogens is 1. The maximum absolute atomic E-state index is 13.1. The van der Waals surface area contributed by atoms with Gasteiger partial charge in [0.05, 0.1) is 17.3 Å². The lowest BCUT2D eigenvalue weighted by Crippen LogP contribution is -2.35. The normalized spacial score (nSPS) is 18.0. The molecule has 0 atom stereocenters. The van der Waals surface area contributed by atoms with Gasteiger partial charge in [0.1, 0.15) is 5.82 Å². The number of aromatic nitrogens is 1. The molecule has 1 N–H and O–H groups in total. The quantitative estimate of drug-likeness (QED) is 0.900. The van der Waals surface area contributed by atoms with Crippen molar-refractivity contribution in [2.75, 3.05) is 13.1 Å². The van der Waals surface area contributed by atoms with E-state index in [0.717, 1.165) is 49.1 Å². The number of aliphatic hydroxyl groups is 1. The molecule has 3 nitrogen and oxygen atoms in total. The number of hydrogen-bond acceptors (Lipinski definition) is 3. The first kappa shape index (κ1) is 12.5. The highest BCUT2D eigenvalue weighted by atomic mass is 19.1. The molecule has 4 heteroatoms. The summed E-state index contributed by atoms with van der Waals surface area (Å²) in [6, 6.07) is 8.53. The minimum absolute atomic E-state index is 0.149. The summed E-state index contributed by atoms with van der Waals surface area (Å²) in [7, 11) is 0. The van der Waals surface area contributed by atoms with Crippen LogP contribution in [-0.4, -0.2) is 34.2 Å². The Labute approximate surface area is 111 Å². The average molecular weight is 260 g/mol. The Morgan fingerprint density at radius 1 is 1.21 bits per heavy atom. The first-order valence-corrected chi connectivity index (χ1v) is 6.66. The van der Waals surface area contributed by atoms with Gasteiger partial charge in [-0.2, -0.15) is 0 Å². The fourth-order valence-electron chi connectivity index (χ4n) is 2.53. The summed E-state index contributed by atoms with van der Waals surface area (Å²) in [6.07, 6.45) is 1.52. The Hall–Kier alpha value is -1.52. The number of nitrogens with zero attached hydrogens (tertiary/aromatic N) is 2. The topological polar surface area (TPSA) is 36.4 Å². The highest BCUT2D eigenvalue weighted by Gasteiger charge is 2.17. The molecule has 19 heavy (non-hydrogen) atoms. The van der Waals surface area contributed by atoms with Gasteiger partial charge in [0.25, 0.3) is 0 Å². The molecular weight excluding hydrogens is 243 g/mol. The van der Waals surface area contributed by atoms with Gasteiger partial charge in [0.15, 0.2) is 0 Å². The van der Waals surface area contributed by atoms with E-state index in [1.807, 2.05) is 12.1 Å². The molecule has 2 aromatic rings. The number of pyridine rings is 1. The molecule has 0 saturated carbocycles. The molecule has 100 valence electrons. The first-order valence-electron chi connectivity index (χ1n) is 6.66. The van der Waals surface area contributed by atoms with Gasteiger partial charge in [-0.05, 0) is 37.1 Å². The van der Waals surface area contributed by atoms with E-state index in [2.05, 4.69) is 9.88 Å². The van der Waals surface area contributed by atoms with Crippen molar-refractivity contribution in [1.29, 1.82) is 0 Å². The molecule has 3 rings (SSSR count). The number of aliphatic hydroxyl groups excluding tert-OH is 1. The van der Waals surface area contributed by atoms with Crippen LogP contribution in [0.5, 0.6) is 0 Å². The van der Waals surface area contributed by atoms with Crippen molar-refractivity contribution >= 4 is 10.9 Å². The van der Waals surface area contributed by atoms with Crippen LogP contribution >= 0.6 is 0 Å². The monoisotopic (exact) mass is 260 g/mol. The molecule has 1 saturated heterocycles. The number of hydrogen-bond donors (Lipinski definition) is 1. The van der Waals surface area contributed by atoms with E-state index < -0.39 is 0 Å². The predicted molar refractivity (Wildman–Crippen MR) is 72.2 cm³/mol. The number of likely N-dealkylation sites (tertiary alicyclic amines) is 1. The van der Waals surface area contributed by atoms with Crippen LogP contribution in [0.2, 0.25) is 0 Å². The van der Waals surface area contributed by atoms with Gasteiger partial charge in [-0.15, -0.1) is 0 Å². The fraction of sp³-hybridized carbons (Fsp3) is 0.400. The second-order valence-corrected chi connectivity index (χ2v) is 5.15. The summed E-state index contributed by atoms with van der Waals surface area (Å²) in [5.41, 5.74) is 1.83. The summed E-state index contributed by atoms with van der Waals surface area (Å²) >= 11 is 0. The van der Waals surface area contributed by atoms with Gasteiger partial charge in [0, 0.05) is 25.0 Å². The highest BCUT2D eigenvalue weighted by Crippen LogP contribution is 2.17. The van der Waals surface area contributed by atoms with Crippen molar-refractivity contribution in [3.8, 4) is 0 Å². The van der Waals surface area contributed by atoms with E-state index in [-0.39, 0.29) is 11.9 Å². The molecule has 1 aromatic carbocycles. The van der Waals surface area contributed by atoms with Crippen LogP contribution in [0.4, 0.5) is 4.39 Å². The van der Waals surface area contributed by atoms with Crippen LogP contribution in [0, 0.1) is 5.82 Å². The Kier molecular flexibility index (Phi) is 3.44. The molecule has 0 bridgehead atoms. The zero-order chi connectivity index (χ0) is 13.2. The third-order valence-electron chi connectivity index (χ3n) is 3.65. The van der Waals surface area contributed by atoms with Gasteiger partial charge in [-0.1, -0.05) is 6.07 Å². The van der Waals surface area contributed by atoms with Crippen molar-refractivity contribution < 1.29 is 9.50 Å². The van der Waals surface area contributed by atoms with Gasteiger partial charge < -0.3 is 5.11 Å². The van der Waals surface area contributed by atoms with E-state index in [0.29, 0.717) is 0 Å². The van der Waals surface area contributed by atoms with Crippen molar-refractivity contribution in [3.63, 3.8) is 0 Å². The molecule has 2 heterocycles. The lowest BCUT2D eigenvalue weighted by Gasteiger charge is -2.29. The van der Waals surface area contributed by atoms with Crippen LogP contribution in [0.25, 0.3) is 10.9 Å². The Bertz CT molecular complexity index is 579. The molecule has 0 amide bonds. The highest BCUT2D eigenvalue weighted by molar-refractivity contribution is 5.78. The average Bonchev–Trinajstić information content (AvgIpc) is 2.42. The summed E-state index contributed by atoms with van der Waals surface area (Å²) in [4.78, 5) is 6.85. The zero-order valence-corrected chi connectivity index (χ0v) is 10.7. The molecular formula is C15H17FN2O. The molecule has 0 spiro atoms. The van der Waals surface area contributed by atoms with E-state index >= 15 is 0 Å². The lowest BCUT2D eigenvalue weighted by atomic mass is 10.1. The first-order chi connectivity index (χ1) is 9.20. The van der Waals surface area contributed by atoms with Gasteiger partial charge >= 0.3 is 0 Å². The lowest BCUT2D eigenvalue weighted by molar-refractivity contribution is 0.0787. The smallest absolute Gasteiger partial charge is 0.123 e. The zero-order valence-electron chi connectivity index (χ0n) is 10.7. The van der Waals surface area contributed by atoms with Gasteiger partial charge in [-0.3, -0.25) is 9.88 Å². The molecule has 1 aliphatic rings. The number of rotatable bonds is 2. The molecule has 0 aliphatic carbocycles. The molecule has 0 radical (unpaired) electrons. The van der Waals surface area contributed by atoms with Crippen molar-refractivity contribution in [2.45, 2.75) is 25.5 Å². The minimum atomic E-state index is -0.230. The fourth-order valence-corrected chi connectivity index (χ4v) is 2.53. The predicted octanol–water partition coefficient (Wildman–Crippen LogP) is 2.33. The second-order valence-electron chi connectivity index (χ2n) is 5.15. The second kappa shape index (κ2) is 5.23. The number of fused-ring (bicyclic) bond motifs is 1. The summed E-state index contributed by atoms with van der Waals surface area (Å²) < 4.78 is 13.1. The van der Waals surface area contributed by atoms with Crippen molar-refractivity contribution in [1.82, 2.24) is 9.88 Å². The maximum Gasteiger partial charge on any atom is 0.123 e. The van der Waals surface area contributed by atoms with Gasteiger partial charge in [0.2, 0.25) is 0 Å². The third kappa shape index (κ3) is 2.91. The van der Waals surface area contributed by atoms with Crippen molar-refractivity contribution in [3.05, 3.63) is 41.8 Å². The minimum Gasteiger partial charge on any atom is -0.393 e. The number of benzene rings is 1. The summed E-state index contributed by atoms with van der Waals surface area (Å²) in [5.74, 6) is -0.230. The number of piperidine rings is 1. The molecule has 1 aromatic heterocycles. The van der Waals surface area contributed by atoms with Crippen LogP contribution in [0.3, 0.4) is 0 Å². The van der Waals surface area contributed by atoms with E-state index in [1.54, 1.807) is 6.07 Å². The van der Waals surface area contributed by atoms with Crippen LogP contribution in [-0.2, 0) is 6.54 Å². The standard InChI is InChI=1S/C15H17FN2O/c16-12-2-4-15-11(9-12)1-3-13(17-15)10-18-7-5-14(19)6-8-18/h1-4,9,14,19H,5-8,10H2. The van der Waals surface area contributed by atoms with Crippen LogP contribution < -0.4 is 0 Å².